The van der Waals surface area contributed by atoms with Gasteiger partial charge in [0, 0.05) is 13.8 Å². The molecule has 0 atom stereocenters. The predicted molar refractivity (Wildman–Crippen MR) is 162 cm³/mol. The Bertz CT molecular complexity index is 1320. The minimum atomic E-state index is -0.520. The molecule has 0 saturated carbocycles. The number of nitriles is 2. The van der Waals surface area contributed by atoms with E-state index in [9.17, 15) is 20.1 Å². The van der Waals surface area contributed by atoms with Crippen LogP contribution in [0.1, 0.15) is 80.4 Å². The van der Waals surface area contributed by atoms with Crippen LogP contribution in [-0.2, 0) is 28.2 Å². The third kappa shape index (κ3) is 7.03. The van der Waals surface area contributed by atoms with Crippen LogP contribution in [0, 0.1) is 22.7 Å². The summed E-state index contributed by atoms with van der Waals surface area (Å²) in [5.74, 6) is -0.426. The molecular formula is C30H38B2N4O6. The van der Waals surface area contributed by atoms with Gasteiger partial charge in [-0.1, -0.05) is 12.1 Å². The van der Waals surface area contributed by atoms with Crippen LogP contribution in [0.2, 0.25) is 0 Å². The van der Waals surface area contributed by atoms with E-state index in [4.69, 9.17) is 18.6 Å². The Labute approximate surface area is 248 Å². The van der Waals surface area contributed by atoms with Gasteiger partial charge in [-0.25, -0.2) is 0 Å². The molecular weight excluding hydrogens is 534 g/mol. The SMILES string of the molecule is CC(=O)Nc1ccc(B2OC(C)(C)C(C)(C)O2)cc1C#N.CC(=O)Nc1ccc(B2OC(C)(C)C(C)(C)O2)cc1C#N. The Morgan fingerprint density at radius 2 is 0.905 bits per heavy atom. The molecule has 42 heavy (non-hydrogen) atoms. The van der Waals surface area contributed by atoms with E-state index in [1.165, 1.54) is 13.8 Å². The van der Waals surface area contributed by atoms with Crippen molar-refractivity contribution in [3.05, 3.63) is 47.5 Å². The molecule has 2 aromatic carbocycles. The molecule has 2 aromatic rings. The van der Waals surface area contributed by atoms with Crippen LogP contribution in [0.5, 0.6) is 0 Å². The Hall–Kier alpha value is -3.67. The predicted octanol–water partition coefficient (Wildman–Crippen LogP) is 3.63. The van der Waals surface area contributed by atoms with Crippen molar-refractivity contribution in [3.8, 4) is 12.1 Å². The van der Waals surface area contributed by atoms with E-state index in [2.05, 4.69) is 22.8 Å². The number of hydrogen-bond donors (Lipinski definition) is 2. The minimum absolute atomic E-state index is 0.213. The number of hydrogen-bond acceptors (Lipinski definition) is 8. The van der Waals surface area contributed by atoms with E-state index in [0.29, 0.717) is 22.5 Å². The average Bonchev–Trinajstić information content (AvgIpc) is 3.23. The van der Waals surface area contributed by atoms with Crippen molar-refractivity contribution in [3.63, 3.8) is 0 Å². The van der Waals surface area contributed by atoms with Crippen LogP contribution in [0.25, 0.3) is 0 Å². The quantitative estimate of drug-likeness (QED) is 0.529. The first kappa shape index (κ1) is 32.8. The smallest absolute Gasteiger partial charge is 0.399 e. The minimum Gasteiger partial charge on any atom is -0.399 e. The lowest BCUT2D eigenvalue weighted by atomic mass is 9.78. The fourth-order valence-electron chi connectivity index (χ4n) is 4.16. The molecule has 0 spiro atoms. The lowest BCUT2D eigenvalue weighted by molar-refractivity contribution is -0.115. The zero-order valence-electron chi connectivity index (χ0n) is 26.0. The third-order valence-corrected chi connectivity index (χ3v) is 8.00. The van der Waals surface area contributed by atoms with Gasteiger partial charge in [-0.05, 0) is 90.6 Å². The molecule has 10 nitrogen and oxygen atoms in total. The van der Waals surface area contributed by atoms with E-state index in [1.807, 2.05) is 55.4 Å². The molecule has 0 bridgehead atoms. The maximum Gasteiger partial charge on any atom is 0.494 e. The topological polar surface area (TPSA) is 143 Å². The molecule has 12 heteroatoms. The summed E-state index contributed by atoms with van der Waals surface area (Å²) in [7, 11) is -1.04. The summed E-state index contributed by atoms with van der Waals surface area (Å²) in [5, 5.41) is 23.7. The Balaban J connectivity index is 0.000000230. The maximum atomic E-state index is 11.1. The molecule has 4 rings (SSSR count). The van der Waals surface area contributed by atoms with Crippen molar-refractivity contribution in [2.24, 2.45) is 0 Å². The Morgan fingerprint density at radius 1 is 0.619 bits per heavy atom. The van der Waals surface area contributed by atoms with Gasteiger partial charge in [0.25, 0.3) is 0 Å². The molecule has 2 fully saturated rings. The summed E-state index contributed by atoms with van der Waals surface area (Å²) in [6.45, 7) is 18.6. The first-order valence-corrected chi connectivity index (χ1v) is 13.7. The zero-order chi connectivity index (χ0) is 31.7. The summed E-state index contributed by atoms with van der Waals surface area (Å²) < 4.78 is 23.8. The molecule has 2 amide bonds. The van der Waals surface area contributed by atoms with Crippen LogP contribution >= 0.6 is 0 Å². The molecule has 220 valence electrons. The van der Waals surface area contributed by atoms with Gasteiger partial charge >= 0.3 is 14.2 Å². The van der Waals surface area contributed by atoms with Gasteiger partial charge in [-0.15, -0.1) is 0 Å². The molecule has 2 aliphatic rings. The number of carbonyl (C=O) groups is 2. The number of carbonyl (C=O) groups excluding carboxylic acids is 2. The highest BCUT2D eigenvalue weighted by molar-refractivity contribution is 6.62. The van der Waals surface area contributed by atoms with Crippen molar-refractivity contribution >= 4 is 48.4 Å². The van der Waals surface area contributed by atoms with Crippen LogP contribution in [0.15, 0.2) is 36.4 Å². The van der Waals surface area contributed by atoms with E-state index >= 15 is 0 Å². The van der Waals surface area contributed by atoms with Gasteiger partial charge < -0.3 is 29.3 Å². The van der Waals surface area contributed by atoms with E-state index in [1.54, 1.807) is 36.4 Å². The maximum absolute atomic E-state index is 11.1. The molecule has 0 unspecified atom stereocenters. The van der Waals surface area contributed by atoms with Gasteiger partial charge in [-0.3, -0.25) is 9.59 Å². The van der Waals surface area contributed by atoms with E-state index < -0.39 is 36.6 Å². The van der Waals surface area contributed by atoms with Crippen molar-refractivity contribution in [2.45, 2.75) is 91.6 Å². The number of amides is 2. The molecule has 2 aliphatic heterocycles. The summed E-state index contributed by atoms with van der Waals surface area (Å²) in [4.78, 5) is 22.2. The largest absolute Gasteiger partial charge is 0.494 e. The van der Waals surface area contributed by atoms with Crippen LogP contribution in [0.4, 0.5) is 11.4 Å². The number of nitrogens with one attached hydrogen (secondary N) is 2. The van der Waals surface area contributed by atoms with E-state index in [-0.39, 0.29) is 11.8 Å². The van der Waals surface area contributed by atoms with Gasteiger partial charge in [0.15, 0.2) is 0 Å². The molecule has 0 aliphatic carbocycles. The van der Waals surface area contributed by atoms with Crippen LogP contribution in [-0.4, -0.2) is 48.5 Å². The number of nitrogens with zero attached hydrogens (tertiary/aromatic N) is 2. The summed E-state index contributed by atoms with van der Waals surface area (Å²) in [6, 6.07) is 14.5. The average molecular weight is 572 g/mol. The Kier molecular flexibility index (Phi) is 9.31. The van der Waals surface area contributed by atoms with Crippen molar-refractivity contribution in [1.29, 1.82) is 10.5 Å². The molecule has 2 heterocycles. The first-order chi connectivity index (χ1) is 19.3. The lowest BCUT2D eigenvalue weighted by Crippen LogP contribution is -2.41. The van der Waals surface area contributed by atoms with Gasteiger partial charge in [-0.2, -0.15) is 10.5 Å². The first-order valence-electron chi connectivity index (χ1n) is 13.7. The Morgan fingerprint density at radius 3 is 1.14 bits per heavy atom. The normalized spacial score (nSPS) is 19.1. The second kappa shape index (κ2) is 11.9. The standard InChI is InChI=1S/2C15H19BN2O3/c2*1-10(19)18-13-7-6-12(8-11(13)9-17)16-20-14(2,3)15(4,5)21-16/h2*6-8H,1-5H3,(H,18,19). The third-order valence-electron chi connectivity index (χ3n) is 8.00. The highest BCUT2D eigenvalue weighted by Crippen LogP contribution is 2.37. The summed E-state index contributed by atoms with van der Waals surface area (Å²) >= 11 is 0. The van der Waals surface area contributed by atoms with Gasteiger partial charge in [0.2, 0.25) is 11.8 Å². The highest BCUT2D eigenvalue weighted by Gasteiger charge is 2.52. The van der Waals surface area contributed by atoms with Gasteiger partial charge in [0.05, 0.1) is 44.9 Å². The van der Waals surface area contributed by atoms with Crippen molar-refractivity contribution in [1.82, 2.24) is 0 Å². The molecule has 0 radical (unpaired) electrons. The van der Waals surface area contributed by atoms with E-state index in [0.717, 1.165) is 10.9 Å². The van der Waals surface area contributed by atoms with Crippen LogP contribution < -0.4 is 21.6 Å². The summed E-state index contributed by atoms with van der Waals surface area (Å²) in [5.41, 5.74) is 1.56. The monoisotopic (exact) mass is 572 g/mol. The highest BCUT2D eigenvalue weighted by atomic mass is 16.7. The fraction of sp³-hybridized carbons (Fsp3) is 0.467. The van der Waals surface area contributed by atoms with Crippen LogP contribution in [0.3, 0.4) is 0 Å². The fourth-order valence-corrected chi connectivity index (χ4v) is 4.16. The molecule has 0 aromatic heterocycles. The zero-order valence-corrected chi connectivity index (χ0v) is 26.0. The number of anilines is 2. The summed E-state index contributed by atoms with van der Waals surface area (Å²) in [6.07, 6.45) is 0. The second-order valence-corrected chi connectivity index (χ2v) is 12.4. The van der Waals surface area contributed by atoms with Crippen molar-refractivity contribution < 1.29 is 28.2 Å². The number of rotatable bonds is 4. The lowest BCUT2D eigenvalue weighted by Gasteiger charge is -2.32. The molecule has 2 saturated heterocycles. The number of benzene rings is 2. The van der Waals surface area contributed by atoms with Gasteiger partial charge in [0.1, 0.15) is 12.1 Å². The second-order valence-electron chi connectivity index (χ2n) is 12.4. The van der Waals surface area contributed by atoms with Crippen molar-refractivity contribution in [2.75, 3.05) is 10.6 Å². The molecule has 2 N–H and O–H groups in total.